The van der Waals surface area contributed by atoms with Crippen LogP contribution in [0, 0.1) is 0 Å². The minimum absolute atomic E-state index is 0.0215. The Kier molecular flexibility index (Phi) is 3.93. The molecular weight excluding hydrogens is 234 g/mol. The molecule has 0 saturated heterocycles. The van der Waals surface area contributed by atoms with E-state index < -0.39 is 0 Å². The fourth-order valence-corrected chi connectivity index (χ4v) is 3.21. The number of aromatic nitrogens is 2. The largest absolute Gasteiger partial charge is 0.384 e. The molecule has 0 amide bonds. The van der Waals surface area contributed by atoms with Crippen LogP contribution in [0.15, 0.2) is 0 Å². The maximum atomic E-state index is 6.40. The first kappa shape index (κ1) is 14.4. The summed E-state index contributed by atoms with van der Waals surface area (Å²) in [6, 6.07) is 0.389. The van der Waals surface area contributed by atoms with Crippen LogP contribution in [0.25, 0.3) is 0 Å². The highest BCUT2D eigenvalue weighted by Crippen LogP contribution is 2.38. The molecule has 0 bridgehead atoms. The van der Waals surface area contributed by atoms with Crippen molar-refractivity contribution in [3.05, 3.63) is 11.5 Å². The molecule has 0 radical (unpaired) electrons. The molecule has 2 rings (SSSR count). The van der Waals surface area contributed by atoms with Crippen LogP contribution in [0.1, 0.15) is 90.2 Å². The molecule has 1 saturated carbocycles. The average molecular weight is 263 g/mol. The Balaban J connectivity index is 2.46. The average Bonchev–Trinajstić information content (AvgIpc) is 2.68. The number of nitrogens with two attached hydrogens (primary N) is 1. The van der Waals surface area contributed by atoms with Crippen molar-refractivity contribution in [1.29, 1.82) is 0 Å². The third-order valence-electron chi connectivity index (χ3n) is 4.17. The lowest BCUT2D eigenvalue weighted by atomic mass is 9.88. The summed E-state index contributed by atoms with van der Waals surface area (Å²) in [5.41, 5.74) is 7.49. The Labute approximate surface area is 117 Å². The molecule has 2 N–H and O–H groups in total. The predicted octanol–water partition coefficient (Wildman–Crippen LogP) is 4.39. The van der Waals surface area contributed by atoms with Crippen molar-refractivity contribution < 1.29 is 0 Å². The minimum Gasteiger partial charge on any atom is -0.384 e. The van der Waals surface area contributed by atoms with Crippen molar-refractivity contribution in [1.82, 2.24) is 9.55 Å². The second-order valence-electron chi connectivity index (χ2n) is 7.25. The number of nitrogens with zero attached hydrogens (tertiary/aromatic N) is 2. The first-order valence-electron chi connectivity index (χ1n) is 7.70. The van der Waals surface area contributed by atoms with E-state index in [1.165, 1.54) is 37.9 Å². The van der Waals surface area contributed by atoms with E-state index in [0.717, 1.165) is 11.5 Å². The second kappa shape index (κ2) is 5.18. The Bertz CT molecular complexity index is 432. The van der Waals surface area contributed by atoms with Crippen molar-refractivity contribution in [2.75, 3.05) is 5.73 Å². The highest BCUT2D eigenvalue weighted by molar-refractivity contribution is 5.43. The zero-order chi connectivity index (χ0) is 14.2. The van der Waals surface area contributed by atoms with Crippen LogP contribution in [-0.2, 0) is 5.41 Å². The van der Waals surface area contributed by atoms with Crippen LogP contribution in [-0.4, -0.2) is 9.55 Å². The maximum absolute atomic E-state index is 6.40. The summed E-state index contributed by atoms with van der Waals surface area (Å²) < 4.78 is 2.27. The van der Waals surface area contributed by atoms with Crippen LogP contribution < -0.4 is 5.73 Å². The van der Waals surface area contributed by atoms with Crippen molar-refractivity contribution in [2.24, 2.45) is 0 Å². The Morgan fingerprint density at radius 1 is 1.16 bits per heavy atom. The van der Waals surface area contributed by atoms with Gasteiger partial charge in [0, 0.05) is 17.4 Å². The zero-order valence-electron chi connectivity index (χ0n) is 13.2. The summed E-state index contributed by atoms with van der Waals surface area (Å²) in [6.45, 7) is 11.0. The number of hydrogen-bond donors (Lipinski definition) is 1. The number of nitrogen functional groups attached to an aromatic ring is 1. The van der Waals surface area contributed by atoms with Gasteiger partial charge in [-0.05, 0) is 26.7 Å². The van der Waals surface area contributed by atoms with Gasteiger partial charge in [0.2, 0.25) is 0 Å². The van der Waals surface area contributed by atoms with Crippen molar-refractivity contribution in [2.45, 2.75) is 84.1 Å². The molecule has 0 aliphatic heterocycles. The summed E-state index contributed by atoms with van der Waals surface area (Å²) >= 11 is 0. The van der Waals surface area contributed by atoms with E-state index in [2.05, 4.69) is 39.2 Å². The Morgan fingerprint density at radius 2 is 1.74 bits per heavy atom. The van der Waals surface area contributed by atoms with E-state index in [9.17, 15) is 0 Å². The van der Waals surface area contributed by atoms with Gasteiger partial charge in [0.1, 0.15) is 11.6 Å². The molecule has 108 valence electrons. The summed E-state index contributed by atoms with van der Waals surface area (Å²) in [6.07, 6.45) is 6.58. The van der Waals surface area contributed by atoms with Crippen LogP contribution in [0.2, 0.25) is 0 Å². The first-order valence-corrected chi connectivity index (χ1v) is 7.70. The summed E-state index contributed by atoms with van der Waals surface area (Å²) in [7, 11) is 0. The monoisotopic (exact) mass is 263 g/mol. The van der Waals surface area contributed by atoms with Crippen molar-refractivity contribution >= 4 is 5.82 Å². The zero-order valence-corrected chi connectivity index (χ0v) is 13.2. The lowest BCUT2D eigenvalue weighted by Gasteiger charge is -2.24. The number of hydrogen-bond acceptors (Lipinski definition) is 2. The third kappa shape index (κ3) is 2.80. The molecular formula is C16H29N3. The van der Waals surface area contributed by atoms with Gasteiger partial charge in [-0.25, -0.2) is 4.98 Å². The maximum Gasteiger partial charge on any atom is 0.127 e. The highest BCUT2D eigenvalue weighted by Gasteiger charge is 2.29. The van der Waals surface area contributed by atoms with Gasteiger partial charge in [0.25, 0.3) is 0 Å². The summed E-state index contributed by atoms with van der Waals surface area (Å²) in [4.78, 5) is 4.96. The number of imidazole rings is 1. The summed E-state index contributed by atoms with van der Waals surface area (Å²) in [5, 5.41) is 0. The summed E-state index contributed by atoms with van der Waals surface area (Å²) in [5.74, 6) is 2.72. The molecule has 0 spiro atoms. The molecule has 1 aliphatic rings. The van der Waals surface area contributed by atoms with E-state index in [4.69, 9.17) is 10.7 Å². The van der Waals surface area contributed by atoms with Crippen molar-refractivity contribution in [3.8, 4) is 0 Å². The van der Waals surface area contributed by atoms with Gasteiger partial charge in [0.15, 0.2) is 0 Å². The van der Waals surface area contributed by atoms with Crippen LogP contribution in [0.3, 0.4) is 0 Å². The lowest BCUT2D eigenvalue weighted by molar-refractivity contribution is 0.407. The van der Waals surface area contributed by atoms with E-state index in [1.807, 2.05) is 0 Å². The van der Waals surface area contributed by atoms with Gasteiger partial charge >= 0.3 is 0 Å². The molecule has 19 heavy (non-hydrogen) atoms. The predicted molar refractivity (Wildman–Crippen MR) is 81.6 cm³/mol. The Hall–Kier alpha value is -0.990. The van der Waals surface area contributed by atoms with E-state index in [1.54, 1.807) is 0 Å². The smallest absolute Gasteiger partial charge is 0.127 e. The first-order chi connectivity index (χ1) is 8.82. The van der Waals surface area contributed by atoms with Gasteiger partial charge in [-0.2, -0.15) is 0 Å². The minimum atomic E-state index is 0.0215. The number of anilines is 1. The van der Waals surface area contributed by atoms with Crippen LogP contribution in [0.4, 0.5) is 5.82 Å². The van der Waals surface area contributed by atoms with E-state index >= 15 is 0 Å². The Morgan fingerprint density at radius 3 is 2.21 bits per heavy atom. The van der Waals surface area contributed by atoms with Gasteiger partial charge in [-0.1, -0.05) is 40.0 Å². The second-order valence-corrected chi connectivity index (χ2v) is 7.25. The SMILES string of the molecule is CC(C)n1c(C2CCCCC2)nc(C(C)(C)C)c1N. The van der Waals surface area contributed by atoms with Crippen molar-refractivity contribution in [3.63, 3.8) is 0 Å². The molecule has 1 aliphatic carbocycles. The molecule has 0 aromatic carbocycles. The fourth-order valence-electron chi connectivity index (χ4n) is 3.21. The standard InChI is InChI=1S/C16H29N3/c1-11(2)19-14(17)13(16(3,4)5)18-15(19)12-9-7-6-8-10-12/h11-12H,6-10,17H2,1-5H3. The number of rotatable bonds is 2. The van der Waals surface area contributed by atoms with E-state index in [0.29, 0.717) is 12.0 Å². The lowest BCUT2D eigenvalue weighted by Crippen LogP contribution is -2.16. The molecule has 1 heterocycles. The normalized spacial score (nSPS) is 18.2. The molecule has 1 aromatic heterocycles. The fraction of sp³-hybridized carbons (Fsp3) is 0.812. The van der Waals surface area contributed by atoms with E-state index in [-0.39, 0.29) is 5.41 Å². The van der Waals surface area contributed by atoms with Gasteiger partial charge in [-0.3, -0.25) is 0 Å². The molecule has 1 aromatic rings. The van der Waals surface area contributed by atoms with Gasteiger partial charge < -0.3 is 10.3 Å². The molecule has 3 heteroatoms. The highest BCUT2D eigenvalue weighted by atomic mass is 15.2. The molecule has 0 atom stereocenters. The van der Waals surface area contributed by atoms with Gasteiger partial charge in [0.05, 0.1) is 5.69 Å². The molecule has 3 nitrogen and oxygen atoms in total. The quantitative estimate of drug-likeness (QED) is 0.860. The van der Waals surface area contributed by atoms with Crippen LogP contribution in [0.5, 0.6) is 0 Å². The topological polar surface area (TPSA) is 43.8 Å². The third-order valence-corrected chi connectivity index (χ3v) is 4.17. The van der Waals surface area contributed by atoms with Gasteiger partial charge in [-0.15, -0.1) is 0 Å². The molecule has 0 unspecified atom stereocenters. The molecule has 1 fully saturated rings. The van der Waals surface area contributed by atoms with Crippen LogP contribution >= 0.6 is 0 Å².